The van der Waals surface area contributed by atoms with Crippen molar-refractivity contribution >= 4 is 33.2 Å². The molecule has 0 atom stereocenters. The van der Waals surface area contributed by atoms with Crippen LogP contribution in [-0.2, 0) is 6.54 Å². The van der Waals surface area contributed by atoms with Crippen LogP contribution in [-0.4, -0.2) is 0 Å². The molecule has 2 aromatic rings. The molecule has 0 aromatic heterocycles. The highest BCUT2D eigenvalue weighted by Crippen LogP contribution is 2.26. The minimum absolute atomic E-state index is 0.287. The van der Waals surface area contributed by atoms with E-state index < -0.39 is 0 Å². The van der Waals surface area contributed by atoms with Gasteiger partial charge in [-0.1, -0.05) is 33.6 Å². The first-order valence-electron chi connectivity index (χ1n) is 5.92. The van der Waals surface area contributed by atoms with Crippen molar-refractivity contribution in [2.45, 2.75) is 20.4 Å². The van der Waals surface area contributed by atoms with E-state index in [4.69, 9.17) is 11.6 Å². The number of rotatable bonds is 3. The number of halogens is 3. The highest BCUT2D eigenvalue weighted by Gasteiger charge is 2.07. The Kier molecular flexibility index (Phi) is 4.48. The second-order valence-corrected chi connectivity index (χ2v) is 5.68. The summed E-state index contributed by atoms with van der Waals surface area (Å²) < 4.78 is 14.7. The Morgan fingerprint density at radius 2 is 1.84 bits per heavy atom. The maximum Gasteiger partial charge on any atom is 0.129 e. The summed E-state index contributed by atoms with van der Waals surface area (Å²) >= 11 is 9.52. The van der Waals surface area contributed by atoms with Crippen LogP contribution in [0.2, 0.25) is 5.02 Å². The van der Waals surface area contributed by atoms with Crippen LogP contribution in [0.25, 0.3) is 0 Å². The molecule has 0 aliphatic carbocycles. The molecule has 2 aromatic carbocycles. The molecule has 0 aliphatic heterocycles. The fourth-order valence-electron chi connectivity index (χ4n) is 1.94. The molecular formula is C15H14BrClFN. The molecule has 0 radical (unpaired) electrons. The number of nitrogens with one attached hydrogen (secondary N) is 1. The van der Waals surface area contributed by atoms with Gasteiger partial charge < -0.3 is 5.32 Å². The van der Waals surface area contributed by atoms with Crippen molar-refractivity contribution in [3.8, 4) is 0 Å². The zero-order valence-electron chi connectivity index (χ0n) is 10.7. The zero-order valence-corrected chi connectivity index (χ0v) is 13.1. The van der Waals surface area contributed by atoms with Gasteiger partial charge in [0.25, 0.3) is 0 Å². The molecule has 100 valence electrons. The molecule has 19 heavy (non-hydrogen) atoms. The Hall–Kier alpha value is -1.06. The normalized spacial score (nSPS) is 10.6. The van der Waals surface area contributed by atoms with E-state index in [9.17, 15) is 4.39 Å². The minimum Gasteiger partial charge on any atom is -0.381 e. The van der Waals surface area contributed by atoms with E-state index in [-0.39, 0.29) is 5.82 Å². The average Bonchev–Trinajstić information content (AvgIpc) is 2.35. The molecule has 1 nitrogen and oxygen atoms in total. The summed E-state index contributed by atoms with van der Waals surface area (Å²) in [6.45, 7) is 4.42. The van der Waals surface area contributed by atoms with E-state index in [0.717, 1.165) is 21.3 Å². The first kappa shape index (κ1) is 14.4. The van der Waals surface area contributed by atoms with Crippen LogP contribution >= 0.6 is 27.5 Å². The van der Waals surface area contributed by atoms with Gasteiger partial charge in [-0.25, -0.2) is 4.39 Å². The maximum absolute atomic E-state index is 13.6. The van der Waals surface area contributed by atoms with Gasteiger partial charge in [-0.3, -0.25) is 0 Å². The molecule has 0 unspecified atom stereocenters. The van der Waals surface area contributed by atoms with Crippen LogP contribution in [0.15, 0.2) is 34.8 Å². The van der Waals surface area contributed by atoms with E-state index in [2.05, 4.69) is 21.2 Å². The van der Waals surface area contributed by atoms with Gasteiger partial charge in [0.2, 0.25) is 0 Å². The molecule has 0 heterocycles. The summed E-state index contributed by atoms with van der Waals surface area (Å²) in [5.41, 5.74) is 3.73. The predicted molar refractivity (Wildman–Crippen MR) is 82.4 cm³/mol. The molecule has 0 saturated carbocycles. The van der Waals surface area contributed by atoms with Crippen LogP contribution in [0.5, 0.6) is 0 Å². The van der Waals surface area contributed by atoms with Crippen molar-refractivity contribution in [1.29, 1.82) is 0 Å². The quantitative estimate of drug-likeness (QED) is 0.780. The molecule has 0 amide bonds. The Morgan fingerprint density at radius 1 is 1.21 bits per heavy atom. The number of anilines is 1. The lowest BCUT2D eigenvalue weighted by molar-refractivity contribution is 0.613. The van der Waals surface area contributed by atoms with Gasteiger partial charge in [0.15, 0.2) is 0 Å². The molecule has 0 fully saturated rings. The van der Waals surface area contributed by atoms with Gasteiger partial charge in [0.1, 0.15) is 5.82 Å². The SMILES string of the molecule is Cc1cc(NCc2c(F)cccc2Cl)cc(C)c1Br. The maximum atomic E-state index is 13.6. The van der Waals surface area contributed by atoms with E-state index in [1.165, 1.54) is 6.07 Å². The third kappa shape index (κ3) is 3.28. The molecule has 0 spiro atoms. The molecular weight excluding hydrogens is 329 g/mol. The lowest BCUT2D eigenvalue weighted by Crippen LogP contribution is -2.03. The van der Waals surface area contributed by atoms with Crippen molar-refractivity contribution in [3.63, 3.8) is 0 Å². The molecule has 4 heteroatoms. The summed E-state index contributed by atoms with van der Waals surface area (Å²) in [5.74, 6) is -0.287. The first-order chi connectivity index (χ1) is 8.99. The second kappa shape index (κ2) is 5.93. The molecule has 0 saturated heterocycles. The van der Waals surface area contributed by atoms with Crippen molar-refractivity contribution in [2.24, 2.45) is 0 Å². The Balaban J connectivity index is 2.19. The number of benzene rings is 2. The molecule has 0 bridgehead atoms. The largest absolute Gasteiger partial charge is 0.381 e. The minimum atomic E-state index is -0.287. The van der Waals surface area contributed by atoms with Crippen molar-refractivity contribution in [3.05, 3.63) is 62.3 Å². The van der Waals surface area contributed by atoms with E-state index in [1.54, 1.807) is 12.1 Å². The third-order valence-electron chi connectivity index (χ3n) is 2.97. The predicted octanol–water partition coefficient (Wildman–Crippen LogP) is 5.47. The second-order valence-electron chi connectivity index (χ2n) is 4.48. The van der Waals surface area contributed by atoms with Crippen LogP contribution in [0, 0.1) is 19.7 Å². The highest BCUT2D eigenvalue weighted by atomic mass is 79.9. The first-order valence-corrected chi connectivity index (χ1v) is 7.09. The zero-order chi connectivity index (χ0) is 14.0. The van der Waals surface area contributed by atoms with Crippen LogP contribution in [0.3, 0.4) is 0 Å². The van der Waals surface area contributed by atoms with Gasteiger partial charge in [0.05, 0.1) is 0 Å². The Bertz CT molecular complexity index is 570. The molecule has 0 aliphatic rings. The van der Waals surface area contributed by atoms with Crippen molar-refractivity contribution in [2.75, 3.05) is 5.32 Å². The fourth-order valence-corrected chi connectivity index (χ4v) is 2.40. The number of aryl methyl sites for hydroxylation is 2. The van der Waals surface area contributed by atoms with Gasteiger partial charge >= 0.3 is 0 Å². The van der Waals surface area contributed by atoms with Gasteiger partial charge in [0, 0.05) is 27.3 Å². The standard InChI is InChI=1S/C15H14BrClFN/c1-9-6-11(7-10(2)15(9)16)19-8-12-13(17)4-3-5-14(12)18/h3-7,19H,8H2,1-2H3. The van der Waals surface area contributed by atoms with Gasteiger partial charge in [-0.15, -0.1) is 0 Å². The van der Waals surface area contributed by atoms with Crippen molar-refractivity contribution < 1.29 is 4.39 Å². The molecule has 1 N–H and O–H groups in total. The van der Waals surface area contributed by atoms with Crippen LogP contribution in [0.4, 0.5) is 10.1 Å². The lowest BCUT2D eigenvalue weighted by atomic mass is 10.1. The van der Waals surface area contributed by atoms with E-state index in [1.807, 2.05) is 26.0 Å². The van der Waals surface area contributed by atoms with E-state index in [0.29, 0.717) is 17.1 Å². The third-order valence-corrected chi connectivity index (χ3v) is 4.57. The Labute approximate surface area is 125 Å². The monoisotopic (exact) mass is 341 g/mol. The Morgan fingerprint density at radius 3 is 2.42 bits per heavy atom. The van der Waals surface area contributed by atoms with E-state index >= 15 is 0 Å². The van der Waals surface area contributed by atoms with Crippen LogP contribution in [0.1, 0.15) is 16.7 Å². The molecule has 2 rings (SSSR count). The summed E-state index contributed by atoms with van der Waals surface area (Å²) in [6.07, 6.45) is 0. The number of hydrogen-bond donors (Lipinski definition) is 1. The van der Waals surface area contributed by atoms with Gasteiger partial charge in [-0.05, 0) is 49.2 Å². The van der Waals surface area contributed by atoms with Crippen molar-refractivity contribution in [1.82, 2.24) is 0 Å². The van der Waals surface area contributed by atoms with Crippen LogP contribution < -0.4 is 5.32 Å². The lowest BCUT2D eigenvalue weighted by Gasteiger charge is -2.12. The summed E-state index contributed by atoms with van der Waals surface area (Å²) in [4.78, 5) is 0. The van der Waals surface area contributed by atoms with Gasteiger partial charge in [-0.2, -0.15) is 0 Å². The highest BCUT2D eigenvalue weighted by molar-refractivity contribution is 9.10. The summed E-state index contributed by atoms with van der Waals surface area (Å²) in [5, 5.41) is 3.65. The fraction of sp³-hybridized carbons (Fsp3) is 0.200. The number of hydrogen-bond acceptors (Lipinski definition) is 1. The smallest absolute Gasteiger partial charge is 0.129 e. The average molecular weight is 343 g/mol. The topological polar surface area (TPSA) is 12.0 Å². The summed E-state index contributed by atoms with van der Waals surface area (Å²) in [6, 6.07) is 8.76. The summed E-state index contributed by atoms with van der Waals surface area (Å²) in [7, 11) is 0.